The van der Waals surface area contributed by atoms with Gasteiger partial charge < -0.3 is 7.80 Å². The maximum absolute atomic E-state index is 5.17. The molecule has 0 atom stereocenters. The molecule has 3 heteroatoms. The van der Waals surface area contributed by atoms with Crippen molar-refractivity contribution in [2.24, 2.45) is 0 Å². The summed E-state index contributed by atoms with van der Waals surface area (Å²) in [4.78, 5) is 0. The first-order chi connectivity index (χ1) is 5.77. The van der Waals surface area contributed by atoms with E-state index in [-0.39, 0.29) is 0 Å². The molecule has 0 N–H and O–H groups in total. The number of hydrogen-bond acceptors (Lipinski definition) is 2. The van der Waals surface area contributed by atoms with Gasteiger partial charge in [-0.3, -0.25) is 0 Å². The summed E-state index contributed by atoms with van der Waals surface area (Å²) in [5, 5.41) is 0. The van der Waals surface area contributed by atoms with E-state index >= 15 is 0 Å². The molecule has 1 aromatic carbocycles. The molecule has 1 rings (SSSR count). The highest BCUT2D eigenvalue weighted by atomic mass is 127. The number of methoxy groups -OCH3 is 1. The van der Waals surface area contributed by atoms with E-state index in [1.54, 1.807) is 7.11 Å². The molecule has 2 nitrogen and oxygen atoms in total. The van der Waals surface area contributed by atoms with Crippen LogP contribution in [0, 0.1) is 6.92 Å². The lowest BCUT2D eigenvalue weighted by molar-refractivity contribution is 0.375. The van der Waals surface area contributed by atoms with Crippen LogP contribution in [0.25, 0.3) is 0 Å². The molecule has 0 aliphatic heterocycles. The third-order valence-corrected chi connectivity index (χ3v) is 1.96. The first kappa shape index (κ1) is 9.80. The van der Waals surface area contributed by atoms with Gasteiger partial charge in [-0.05, 0) is 13.0 Å². The van der Waals surface area contributed by atoms with E-state index in [0.717, 1.165) is 11.3 Å². The van der Waals surface area contributed by atoms with Crippen molar-refractivity contribution < 1.29 is 7.80 Å². The monoisotopic (exact) mass is 278 g/mol. The van der Waals surface area contributed by atoms with Gasteiger partial charge in [0.2, 0.25) is 0 Å². The van der Waals surface area contributed by atoms with Crippen LogP contribution in [0.15, 0.2) is 18.2 Å². The molecule has 0 radical (unpaired) electrons. The highest BCUT2D eigenvalue weighted by Crippen LogP contribution is 2.20. The Balaban J connectivity index is 2.95. The average Bonchev–Trinajstić information content (AvgIpc) is 2.05. The van der Waals surface area contributed by atoms with E-state index in [9.17, 15) is 0 Å². The van der Waals surface area contributed by atoms with E-state index in [2.05, 4.69) is 13.0 Å². The molecule has 0 amide bonds. The zero-order chi connectivity index (χ0) is 8.97. The van der Waals surface area contributed by atoms with Crippen LogP contribution in [0.5, 0.6) is 5.75 Å². The Morgan fingerprint density at radius 1 is 1.42 bits per heavy atom. The van der Waals surface area contributed by atoms with Gasteiger partial charge in [0.15, 0.2) is 0 Å². The molecule has 0 spiro atoms. The first-order valence-corrected chi connectivity index (χ1v) is 4.53. The van der Waals surface area contributed by atoms with Crippen molar-refractivity contribution >= 4 is 23.0 Å². The number of benzene rings is 1. The lowest BCUT2D eigenvalue weighted by atomic mass is 10.1. The van der Waals surface area contributed by atoms with Gasteiger partial charge in [0.05, 0.1) is 13.7 Å². The van der Waals surface area contributed by atoms with Crippen LogP contribution < -0.4 is 4.74 Å². The molecule has 1 aromatic rings. The van der Waals surface area contributed by atoms with Crippen LogP contribution in [0.4, 0.5) is 0 Å². The van der Waals surface area contributed by atoms with E-state index in [0.29, 0.717) is 6.61 Å². The van der Waals surface area contributed by atoms with E-state index in [1.165, 1.54) is 5.56 Å². The van der Waals surface area contributed by atoms with Crippen molar-refractivity contribution in [3.63, 3.8) is 0 Å². The minimum Gasteiger partial charge on any atom is -0.496 e. The largest absolute Gasteiger partial charge is 0.496 e. The van der Waals surface area contributed by atoms with Gasteiger partial charge in [0, 0.05) is 5.56 Å². The van der Waals surface area contributed by atoms with Gasteiger partial charge >= 0.3 is 0 Å². The van der Waals surface area contributed by atoms with Gasteiger partial charge in [-0.1, -0.05) is 17.7 Å². The number of halogens is 1. The van der Waals surface area contributed by atoms with Crippen molar-refractivity contribution in [1.82, 2.24) is 0 Å². The fourth-order valence-electron chi connectivity index (χ4n) is 1.08. The molecule has 0 aliphatic carbocycles. The Bertz CT molecular complexity index is 261. The molecule has 0 fully saturated rings. The third-order valence-electron chi connectivity index (χ3n) is 1.65. The first-order valence-electron chi connectivity index (χ1n) is 3.65. The molecule has 0 heterocycles. The van der Waals surface area contributed by atoms with E-state index in [4.69, 9.17) is 7.80 Å². The maximum atomic E-state index is 5.17. The Kier molecular flexibility index (Phi) is 3.81. The van der Waals surface area contributed by atoms with Crippen LogP contribution >= 0.6 is 23.0 Å². The van der Waals surface area contributed by atoms with Crippen LogP contribution in [-0.4, -0.2) is 7.11 Å². The minimum atomic E-state index is 0.589. The summed E-state index contributed by atoms with van der Waals surface area (Å²) in [6.45, 7) is 2.64. The second kappa shape index (κ2) is 4.67. The highest BCUT2D eigenvalue weighted by Gasteiger charge is 2.01. The van der Waals surface area contributed by atoms with E-state index in [1.807, 2.05) is 35.1 Å². The summed E-state index contributed by atoms with van der Waals surface area (Å²) in [6, 6.07) is 6.05. The number of aryl methyl sites for hydroxylation is 1. The molecule has 0 unspecified atom stereocenters. The SMILES string of the molecule is COc1ccc(C)cc1COI. The fourth-order valence-corrected chi connectivity index (χ4v) is 1.41. The second-order valence-electron chi connectivity index (χ2n) is 2.57. The smallest absolute Gasteiger partial charge is 0.124 e. The Hall–Kier alpha value is -0.290. The fraction of sp³-hybridized carbons (Fsp3) is 0.333. The Labute approximate surface area is 86.6 Å². The molecular weight excluding hydrogens is 267 g/mol. The summed E-state index contributed by atoms with van der Waals surface area (Å²) in [7, 11) is 1.67. The standard InChI is InChI=1S/C9H11IO2/c1-7-3-4-9(11-2)8(5-7)6-12-10/h3-5H,6H2,1-2H3. The van der Waals surface area contributed by atoms with E-state index < -0.39 is 0 Å². The molecule has 0 aliphatic rings. The van der Waals surface area contributed by atoms with Crippen LogP contribution in [-0.2, 0) is 9.67 Å². The molecule has 0 bridgehead atoms. The Morgan fingerprint density at radius 2 is 2.17 bits per heavy atom. The number of rotatable bonds is 3. The zero-order valence-corrected chi connectivity index (χ0v) is 9.29. The van der Waals surface area contributed by atoms with Crippen LogP contribution in [0.3, 0.4) is 0 Å². The zero-order valence-electron chi connectivity index (χ0n) is 7.13. The predicted molar refractivity (Wildman–Crippen MR) is 56.5 cm³/mol. The van der Waals surface area contributed by atoms with Gasteiger partial charge in [-0.25, -0.2) is 0 Å². The average molecular weight is 278 g/mol. The van der Waals surface area contributed by atoms with Gasteiger partial charge in [-0.15, -0.1) is 0 Å². The summed E-state index contributed by atoms with van der Waals surface area (Å²) < 4.78 is 10.2. The van der Waals surface area contributed by atoms with Gasteiger partial charge in [0.1, 0.15) is 28.8 Å². The normalized spacial score (nSPS) is 9.92. The van der Waals surface area contributed by atoms with Crippen molar-refractivity contribution in [2.75, 3.05) is 7.11 Å². The molecule has 66 valence electrons. The highest BCUT2D eigenvalue weighted by molar-refractivity contribution is 14.1. The van der Waals surface area contributed by atoms with Crippen LogP contribution in [0.2, 0.25) is 0 Å². The predicted octanol–water partition coefficient (Wildman–Crippen LogP) is 2.87. The lowest BCUT2D eigenvalue weighted by Gasteiger charge is -2.07. The topological polar surface area (TPSA) is 18.5 Å². The molecule has 0 saturated carbocycles. The van der Waals surface area contributed by atoms with Crippen molar-refractivity contribution in [3.05, 3.63) is 29.3 Å². The number of hydrogen-bond donors (Lipinski definition) is 0. The quantitative estimate of drug-likeness (QED) is 0.791. The lowest BCUT2D eigenvalue weighted by Crippen LogP contribution is -1.92. The molecule has 12 heavy (non-hydrogen) atoms. The van der Waals surface area contributed by atoms with Gasteiger partial charge in [0.25, 0.3) is 0 Å². The summed E-state index contributed by atoms with van der Waals surface area (Å²) in [6.07, 6.45) is 0. The third kappa shape index (κ3) is 2.35. The van der Waals surface area contributed by atoms with Crippen molar-refractivity contribution in [3.8, 4) is 5.75 Å². The number of ether oxygens (including phenoxy) is 1. The molecular formula is C9H11IO2. The summed E-state index contributed by atoms with van der Waals surface area (Å²) in [5.41, 5.74) is 2.31. The molecule has 0 aromatic heterocycles. The molecule has 0 saturated heterocycles. The second-order valence-corrected chi connectivity index (χ2v) is 3.19. The summed E-state index contributed by atoms with van der Waals surface area (Å²) in [5.74, 6) is 0.886. The minimum absolute atomic E-state index is 0.589. The maximum Gasteiger partial charge on any atom is 0.124 e. The Morgan fingerprint density at radius 3 is 2.75 bits per heavy atom. The van der Waals surface area contributed by atoms with Crippen LogP contribution in [0.1, 0.15) is 11.1 Å². The van der Waals surface area contributed by atoms with Gasteiger partial charge in [-0.2, -0.15) is 0 Å². The van der Waals surface area contributed by atoms with Crippen molar-refractivity contribution in [2.45, 2.75) is 13.5 Å². The van der Waals surface area contributed by atoms with Crippen molar-refractivity contribution in [1.29, 1.82) is 0 Å². The summed E-state index contributed by atoms with van der Waals surface area (Å²) >= 11 is 1.88.